The Morgan fingerprint density at radius 3 is 2.58 bits per heavy atom. The van der Waals surface area contributed by atoms with Gasteiger partial charge in [-0.05, 0) is 40.8 Å². The summed E-state index contributed by atoms with van der Waals surface area (Å²) < 4.78 is 34.3. The Labute approximate surface area is 160 Å². The average molecular weight is 473 g/mol. The molecular weight excluding hydrogens is 459 g/mol. The Morgan fingerprint density at radius 2 is 1.88 bits per heavy atom. The number of benzene rings is 1. The molecule has 1 fully saturated rings. The highest BCUT2D eigenvalue weighted by atomic mass is 127. The highest BCUT2D eigenvalue weighted by Gasteiger charge is 2.32. The fraction of sp³-hybridized carbons (Fsp3) is 0.235. The maximum atomic E-state index is 14.2. The summed E-state index contributed by atoms with van der Waals surface area (Å²) in [7, 11) is 0. The third-order valence-electron chi connectivity index (χ3n) is 4.29. The van der Waals surface area contributed by atoms with Crippen molar-refractivity contribution in [2.45, 2.75) is 12.2 Å². The van der Waals surface area contributed by atoms with Crippen LogP contribution in [0.4, 0.5) is 26.0 Å². The molecule has 1 aliphatic rings. The molecule has 0 saturated carbocycles. The maximum absolute atomic E-state index is 14.2. The fourth-order valence-corrected chi connectivity index (χ4v) is 3.46. The highest BCUT2D eigenvalue weighted by Crippen LogP contribution is 2.37. The van der Waals surface area contributed by atoms with Gasteiger partial charge in [-0.3, -0.25) is 0 Å². The zero-order chi connectivity index (χ0) is 18.4. The van der Waals surface area contributed by atoms with Crippen molar-refractivity contribution in [1.82, 2.24) is 4.98 Å². The van der Waals surface area contributed by atoms with Gasteiger partial charge in [0.25, 0.3) is 0 Å². The van der Waals surface area contributed by atoms with E-state index in [0.717, 1.165) is 9.77 Å². The summed E-state index contributed by atoms with van der Waals surface area (Å²) >= 11 is 2.01. The third-order valence-corrected chi connectivity index (χ3v) is 4.96. The van der Waals surface area contributed by atoms with Gasteiger partial charge in [0.15, 0.2) is 11.4 Å². The van der Waals surface area contributed by atoms with Crippen LogP contribution in [0.15, 0.2) is 35.1 Å². The number of fused-ring (bicyclic) bond motifs is 1. The minimum atomic E-state index is -0.922. The number of β-amino-alcohol motifs (C(OH)–C–C–N with tert-alkyl or cyclic N) is 2. The number of rotatable bonds is 3. The van der Waals surface area contributed by atoms with Crippen molar-refractivity contribution in [3.8, 4) is 0 Å². The molecule has 1 saturated heterocycles. The number of aliphatic hydroxyl groups excluding tert-OH is 2. The van der Waals surface area contributed by atoms with Crippen LogP contribution < -0.4 is 10.2 Å². The van der Waals surface area contributed by atoms with Gasteiger partial charge in [-0.15, -0.1) is 0 Å². The van der Waals surface area contributed by atoms with Gasteiger partial charge in [0, 0.05) is 16.7 Å². The van der Waals surface area contributed by atoms with Crippen LogP contribution >= 0.6 is 22.6 Å². The molecule has 0 unspecified atom stereocenters. The van der Waals surface area contributed by atoms with Gasteiger partial charge >= 0.3 is 0 Å². The van der Waals surface area contributed by atoms with E-state index in [9.17, 15) is 19.0 Å². The molecule has 136 valence electrons. The molecule has 0 radical (unpaired) electrons. The van der Waals surface area contributed by atoms with Crippen molar-refractivity contribution in [2.75, 3.05) is 23.3 Å². The number of nitrogens with zero attached hydrogens (tertiary/aromatic N) is 2. The van der Waals surface area contributed by atoms with Gasteiger partial charge in [0.2, 0.25) is 0 Å². The first-order chi connectivity index (χ1) is 12.4. The van der Waals surface area contributed by atoms with Crippen LogP contribution in [0, 0.1) is 15.2 Å². The lowest BCUT2D eigenvalue weighted by molar-refractivity contribution is 0.0572. The Morgan fingerprint density at radius 1 is 1.15 bits per heavy atom. The predicted octanol–water partition coefficient (Wildman–Crippen LogP) is 3.00. The third kappa shape index (κ3) is 2.99. The van der Waals surface area contributed by atoms with Gasteiger partial charge in [0.05, 0.1) is 35.2 Å². The molecule has 3 aromatic rings. The van der Waals surface area contributed by atoms with Crippen LogP contribution in [0.25, 0.3) is 11.0 Å². The topological polar surface area (TPSA) is 81.8 Å². The molecule has 3 heterocycles. The zero-order valence-corrected chi connectivity index (χ0v) is 15.4. The first kappa shape index (κ1) is 17.4. The number of aromatic nitrogens is 1. The highest BCUT2D eigenvalue weighted by molar-refractivity contribution is 14.1. The summed E-state index contributed by atoms with van der Waals surface area (Å²) in [6.07, 6.45) is 0.468. The van der Waals surface area contributed by atoms with E-state index in [0.29, 0.717) is 16.9 Å². The zero-order valence-electron chi connectivity index (χ0n) is 13.3. The van der Waals surface area contributed by atoms with Crippen molar-refractivity contribution in [2.24, 2.45) is 0 Å². The molecule has 4 rings (SSSR count). The van der Waals surface area contributed by atoms with Gasteiger partial charge in [0.1, 0.15) is 17.9 Å². The number of nitrogens with one attached hydrogen (secondary N) is 1. The molecule has 3 N–H and O–H groups in total. The minimum absolute atomic E-state index is 0.0284. The molecule has 0 bridgehead atoms. The molecule has 9 heteroatoms. The van der Waals surface area contributed by atoms with Crippen LogP contribution in [0.2, 0.25) is 0 Å². The average Bonchev–Trinajstić information content (AvgIpc) is 3.16. The van der Waals surface area contributed by atoms with Crippen molar-refractivity contribution in [1.29, 1.82) is 0 Å². The second-order valence-corrected chi connectivity index (χ2v) is 7.32. The summed E-state index contributed by atoms with van der Waals surface area (Å²) in [5, 5.41) is 22.8. The van der Waals surface area contributed by atoms with E-state index in [-0.39, 0.29) is 24.4 Å². The van der Waals surface area contributed by atoms with Gasteiger partial charge in [-0.2, -0.15) is 0 Å². The Kier molecular flexibility index (Phi) is 4.45. The summed E-state index contributed by atoms with van der Waals surface area (Å²) in [6.45, 7) is 0.300. The largest absolute Gasteiger partial charge is 0.459 e. The number of anilines is 3. The maximum Gasteiger partial charge on any atom is 0.184 e. The normalized spacial score (nSPS) is 20.1. The molecule has 6 nitrogen and oxygen atoms in total. The van der Waals surface area contributed by atoms with Crippen LogP contribution in [0.3, 0.4) is 0 Å². The van der Waals surface area contributed by atoms with E-state index < -0.39 is 23.8 Å². The smallest absolute Gasteiger partial charge is 0.184 e. The SMILES string of the molecule is O[C@H]1CN(c2ncc(F)c3occ(Nc4ccc(I)cc4F)c23)C[C@@H]1O. The van der Waals surface area contributed by atoms with Crippen LogP contribution in [-0.2, 0) is 0 Å². The monoisotopic (exact) mass is 473 g/mol. The molecule has 1 aromatic carbocycles. The summed E-state index contributed by atoms with van der Waals surface area (Å²) in [5.41, 5.74) is 0.530. The Balaban J connectivity index is 1.79. The molecule has 0 aliphatic carbocycles. The Bertz CT molecular complexity index is 971. The minimum Gasteiger partial charge on any atom is -0.459 e. The second-order valence-electron chi connectivity index (χ2n) is 6.07. The van der Waals surface area contributed by atoms with E-state index in [2.05, 4.69) is 10.3 Å². The van der Waals surface area contributed by atoms with Gasteiger partial charge < -0.3 is 24.8 Å². The lowest BCUT2D eigenvalue weighted by Crippen LogP contribution is -2.22. The molecule has 1 aliphatic heterocycles. The molecule has 0 spiro atoms. The van der Waals surface area contributed by atoms with E-state index in [1.807, 2.05) is 22.6 Å². The lowest BCUT2D eigenvalue weighted by atomic mass is 10.2. The van der Waals surface area contributed by atoms with E-state index in [1.165, 1.54) is 12.3 Å². The molecular formula is C17H14F2IN3O3. The number of hydrogen-bond acceptors (Lipinski definition) is 6. The first-order valence-electron chi connectivity index (χ1n) is 7.83. The van der Waals surface area contributed by atoms with E-state index >= 15 is 0 Å². The summed E-state index contributed by atoms with van der Waals surface area (Å²) in [6, 6.07) is 4.69. The molecule has 2 aromatic heterocycles. The van der Waals surface area contributed by atoms with Crippen molar-refractivity contribution in [3.63, 3.8) is 0 Å². The Hall–Kier alpha value is -1.98. The van der Waals surface area contributed by atoms with Crippen molar-refractivity contribution in [3.05, 3.63) is 45.9 Å². The molecule has 26 heavy (non-hydrogen) atoms. The number of aliphatic hydroxyl groups is 2. The second kappa shape index (κ2) is 6.63. The van der Waals surface area contributed by atoms with Crippen molar-refractivity contribution < 1.29 is 23.4 Å². The number of furan rings is 1. The van der Waals surface area contributed by atoms with Crippen LogP contribution in [0.5, 0.6) is 0 Å². The standard InChI is InChI=1S/C17H14F2IN3O3/c18-9-3-8(20)1-2-11(9)22-12-7-26-16-10(19)4-21-17(15(12)16)23-5-13(24)14(25)6-23/h1-4,7,13-14,22,24-25H,5-6H2/t13-,14-/m0/s1. The van der Waals surface area contributed by atoms with E-state index in [1.54, 1.807) is 17.0 Å². The summed E-state index contributed by atoms with van der Waals surface area (Å²) in [4.78, 5) is 5.74. The number of halogens is 3. The van der Waals surface area contributed by atoms with E-state index in [4.69, 9.17) is 4.42 Å². The van der Waals surface area contributed by atoms with Gasteiger partial charge in [-0.25, -0.2) is 13.8 Å². The van der Waals surface area contributed by atoms with Crippen LogP contribution in [0.1, 0.15) is 0 Å². The molecule has 2 atom stereocenters. The predicted molar refractivity (Wildman–Crippen MR) is 101 cm³/mol. The number of pyridine rings is 1. The van der Waals surface area contributed by atoms with Gasteiger partial charge in [-0.1, -0.05) is 0 Å². The summed E-state index contributed by atoms with van der Waals surface area (Å²) in [5.74, 6) is -0.761. The fourth-order valence-electron chi connectivity index (χ4n) is 3.01. The van der Waals surface area contributed by atoms with Crippen LogP contribution in [-0.4, -0.2) is 40.5 Å². The lowest BCUT2D eigenvalue weighted by Gasteiger charge is -2.18. The first-order valence-corrected chi connectivity index (χ1v) is 8.91. The molecule has 0 amide bonds. The quantitative estimate of drug-likeness (QED) is 0.508. The van der Waals surface area contributed by atoms with Crippen molar-refractivity contribution >= 4 is 50.8 Å². The number of hydrogen-bond donors (Lipinski definition) is 3.